The van der Waals surface area contributed by atoms with E-state index in [-0.39, 0.29) is 0 Å². The molecular weight excluding hydrogens is 344 g/mol. The molecule has 0 radical (unpaired) electrons. The van der Waals surface area contributed by atoms with E-state index in [0.717, 1.165) is 41.6 Å². The predicted octanol–water partition coefficient (Wildman–Crippen LogP) is 5.71. The van der Waals surface area contributed by atoms with Crippen molar-refractivity contribution in [3.05, 3.63) is 65.4 Å². The van der Waals surface area contributed by atoms with Crippen LogP contribution in [0.2, 0.25) is 0 Å². The van der Waals surface area contributed by atoms with Crippen LogP contribution in [0.3, 0.4) is 0 Å². The van der Waals surface area contributed by atoms with Crippen LogP contribution in [0.15, 0.2) is 64.4 Å². The molecule has 0 amide bonds. The van der Waals surface area contributed by atoms with Gasteiger partial charge in [0.15, 0.2) is 0 Å². The van der Waals surface area contributed by atoms with Crippen LogP contribution in [0.5, 0.6) is 0 Å². The summed E-state index contributed by atoms with van der Waals surface area (Å²) in [6.07, 6.45) is 7.03. The molecule has 4 rings (SSSR count). The Kier molecular flexibility index (Phi) is 4.95. The summed E-state index contributed by atoms with van der Waals surface area (Å²) in [5.74, 6) is 0. The lowest BCUT2D eigenvalue weighted by molar-refractivity contribution is 0.797. The summed E-state index contributed by atoms with van der Waals surface area (Å²) < 4.78 is 1.91. The molecule has 28 heavy (non-hydrogen) atoms. The molecule has 0 spiro atoms. The number of benzene rings is 2. The minimum atomic E-state index is 0.911. The molecule has 4 nitrogen and oxygen atoms in total. The second-order valence-electron chi connectivity index (χ2n) is 7.42. The number of aromatic nitrogens is 2. The lowest BCUT2D eigenvalue weighted by Gasteiger charge is -2.11. The first kappa shape index (κ1) is 18.4. The van der Waals surface area contributed by atoms with Crippen molar-refractivity contribution in [3.63, 3.8) is 0 Å². The molecular formula is C24H26N4. The summed E-state index contributed by atoms with van der Waals surface area (Å²) >= 11 is 0. The highest BCUT2D eigenvalue weighted by atomic mass is 15.2. The van der Waals surface area contributed by atoms with Gasteiger partial charge in [0.1, 0.15) is 0 Å². The van der Waals surface area contributed by atoms with Crippen LogP contribution in [-0.2, 0) is 13.5 Å². The van der Waals surface area contributed by atoms with Gasteiger partial charge in [-0.15, -0.1) is 0 Å². The van der Waals surface area contributed by atoms with Gasteiger partial charge in [-0.3, -0.25) is 4.68 Å². The first-order chi connectivity index (χ1) is 13.6. The Hall–Kier alpha value is -3.01. The normalized spacial score (nSPS) is 14.5. The third-order valence-electron chi connectivity index (χ3n) is 5.45. The molecule has 1 aromatic heterocycles. The Morgan fingerprint density at radius 1 is 0.964 bits per heavy atom. The Labute approximate surface area is 166 Å². The molecule has 0 atom stereocenters. The van der Waals surface area contributed by atoms with E-state index >= 15 is 0 Å². The van der Waals surface area contributed by atoms with Crippen molar-refractivity contribution in [2.75, 3.05) is 0 Å². The molecule has 0 bridgehead atoms. The molecule has 1 aliphatic rings. The van der Waals surface area contributed by atoms with E-state index < -0.39 is 0 Å². The van der Waals surface area contributed by atoms with Gasteiger partial charge in [-0.25, -0.2) is 0 Å². The van der Waals surface area contributed by atoms with Crippen molar-refractivity contribution in [2.45, 2.75) is 40.0 Å². The third-order valence-corrected chi connectivity index (χ3v) is 5.45. The van der Waals surface area contributed by atoms with Crippen LogP contribution in [0.1, 0.15) is 44.7 Å². The molecule has 0 N–H and O–H groups in total. The zero-order chi connectivity index (χ0) is 19.7. The largest absolute Gasteiger partial charge is 0.268 e. The summed E-state index contributed by atoms with van der Waals surface area (Å²) in [7, 11) is 1.97. The SMILES string of the molecule is CCC1=CC(c2ccc(-c3ccc4c(cnn4C)c3)cc2CC)=NN=C(C)C1. The quantitative estimate of drug-likeness (QED) is 0.580. The van der Waals surface area contributed by atoms with Crippen LogP contribution in [-0.4, -0.2) is 21.2 Å². The van der Waals surface area contributed by atoms with Crippen molar-refractivity contribution in [2.24, 2.45) is 17.3 Å². The van der Waals surface area contributed by atoms with Gasteiger partial charge in [0.05, 0.1) is 17.4 Å². The molecule has 1 aliphatic heterocycles. The van der Waals surface area contributed by atoms with E-state index in [4.69, 9.17) is 0 Å². The lowest BCUT2D eigenvalue weighted by Crippen LogP contribution is -2.03. The minimum absolute atomic E-state index is 0.911. The zero-order valence-electron chi connectivity index (χ0n) is 17.0. The Morgan fingerprint density at radius 2 is 1.75 bits per heavy atom. The van der Waals surface area contributed by atoms with Crippen LogP contribution in [0.4, 0.5) is 0 Å². The maximum absolute atomic E-state index is 4.54. The maximum Gasteiger partial charge on any atom is 0.0931 e. The van der Waals surface area contributed by atoms with E-state index in [1.165, 1.54) is 27.8 Å². The Balaban J connectivity index is 1.77. The number of fused-ring (bicyclic) bond motifs is 1. The molecule has 2 aromatic carbocycles. The van der Waals surface area contributed by atoms with Crippen molar-refractivity contribution >= 4 is 22.3 Å². The molecule has 0 saturated heterocycles. The van der Waals surface area contributed by atoms with E-state index in [1.54, 1.807) is 0 Å². The van der Waals surface area contributed by atoms with Crippen molar-refractivity contribution in [3.8, 4) is 11.1 Å². The highest BCUT2D eigenvalue weighted by Crippen LogP contribution is 2.28. The fourth-order valence-corrected chi connectivity index (χ4v) is 3.79. The van der Waals surface area contributed by atoms with Gasteiger partial charge in [0, 0.05) is 30.1 Å². The zero-order valence-corrected chi connectivity index (χ0v) is 17.0. The van der Waals surface area contributed by atoms with Gasteiger partial charge >= 0.3 is 0 Å². The van der Waals surface area contributed by atoms with Gasteiger partial charge in [0.25, 0.3) is 0 Å². The lowest BCUT2D eigenvalue weighted by atomic mass is 9.93. The van der Waals surface area contributed by atoms with Gasteiger partial charge in [-0.05, 0) is 54.7 Å². The van der Waals surface area contributed by atoms with Gasteiger partial charge in [-0.2, -0.15) is 15.3 Å². The van der Waals surface area contributed by atoms with E-state index in [2.05, 4.69) is 71.6 Å². The summed E-state index contributed by atoms with van der Waals surface area (Å²) in [6, 6.07) is 13.2. The van der Waals surface area contributed by atoms with E-state index in [1.807, 2.05) is 24.9 Å². The molecule has 0 aliphatic carbocycles. The van der Waals surface area contributed by atoms with Crippen LogP contribution in [0, 0.1) is 0 Å². The second-order valence-corrected chi connectivity index (χ2v) is 7.42. The molecule has 0 unspecified atom stereocenters. The Bertz CT molecular complexity index is 1130. The minimum Gasteiger partial charge on any atom is -0.268 e. The molecule has 0 saturated carbocycles. The molecule has 4 heteroatoms. The van der Waals surface area contributed by atoms with E-state index in [9.17, 15) is 0 Å². The number of hydrogen-bond acceptors (Lipinski definition) is 3. The number of rotatable bonds is 4. The first-order valence-electron chi connectivity index (χ1n) is 9.95. The molecule has 3 aromatic rings. The summed E-state index contributed by atoms with van der Waals surface area (Å²) in [5, 5.41) is 14.5. The van der Waals surface area contributed by atoms with Crippen molar-refractivity contribution in [1.29, 1.82) is 0 Å². The molecule has 142 valence electrons. The summed E-state index contributed by atoms with van der Waals surface area (Å²) in [6.45, 7) is 6.44. The third kappa shape index (κ3) is 3.42. The van der Waals surface area contributed by atoms with Crippen molar-refractivity contribution < 1.29 is 0 Å². The van der Waals surface area contributed by atoms with E-state index in [0.29, 0.717) is 0 Å². The summed E-state index contributed by atoms with van der Waals surface area (Å²) in [4.78, 5) is 0. The Morgan fingerprint density at radius 3 is 2.54 bits per heavy atom. The van der Waals surface area contributed by atoms with Crippen LogP contribution >= 0.6 is 0 Å². The fraction of sp³-hybridized carbons (Fsp3) is 0.292. The van der Waals surface area contributed by atoms with Crippen LogP contribution < -0.4 is 0 Å². The number of aryl methyl sites for hydroxylation is 2. The topological polar surface area (TPSA) is 42.5 Å². The number of nitrogens with zero attached hydrogens (tertiary/aromatic N) is 4. The molecule has 0 fully saturated rings. The summed E-state index contributed by atoms with van der Waals surface area (Å²) in [5.41, 5.74) is 9.48. The van der Waals surface area contributed by atoms with Gasteiger partial charge in [0.2, 0.25) is 0 Å². The first-order valence-corrected chi connectivity index (χ1v) is 9.95. The number of allylic oxidation sites excluding steroid dienone is 2. The monoisotopic (exact) mass is 370 g/mol. The van der Waals surface area contributed by atoms with Crippen LogP contribution in [0.25, 0.3) is 22.0 Å². The fourth-order valence-electron chi connectivity index (χ4n) is 3.79. The maximum atomic E-state index is 4.54. The standard InChI is InChI=1S/C24H26N4/c1-5-17-11-16(3)26-27-23(12-17)22-9-7-19(13-18(22)6-2)20-8-10-24-21(14-20)15-25-28(24)4/h7-10,12-15H,5-6,11H2,1-4H3. The van der Waals surface area contributed by atoms with Gasteiger partial charge < -0.3 is 0 Å². The van der Waals surface area contributed by atoms with Gasteiger partial charge in [-0.1, -0.05) is 43.7 Å². The highest BCUT2D eigenvalue weighted by Gasteiger charge is 2.13. The average molecular weight is 371 g/mol. The highest BCUT2D eigenvalue weighted by molar-refractivity contribution is 6.11. The predicted molar refractivity (Wildman–Crippen MR) is 118 cm³/mol. The second kappa shape index (κ2) is 7.55. The smallest absolute Gasteiger partial charge is 0.0931 e. The molecule has 2 heterocycles. The van der Waals surface area contributed by atoms with Crippen molar-refractivity contribution in [1.82, 2.24) is 9.78 Å². The average Bonchev–Trinajstić information content (AvgIpc) is 2.98. The number of hydrogen-bond donors (Lipinski definition) is 0.